The first-order valence-corrected chi connectivity index (χ1v) is 6.89. The van der Waals surface area contributed by atoms with E-state index in [1.165, 1.54) is 0 Å². The molecule has 18 heavy (non-hydrogen) atoms. The molecule has 3 rings (SSSR count). The number of rotatable bonds is 1. The third-order valence-electron chi connectivity index (χ3n) is 3.27. The second kappa shape index (κ2) is 4.69. The summed E-state index contributed by atoms with van der Waals surface area (Å²) in [5, 5.41) is 1.06. The van der Waals surface area contributed by atoms with Gasteiger partial charge in [-0.3, -0.25) is 9.78 Å². The van der Waals surface area contributed by atoms with E-state index in [0.29, 0.717) is 6.42 Å². The van der Waals surface area contributed by atoms with Gasteiger partial charge in [-0.25, -0.2) is 0 Å². The molecule has 2 heterocycles. The van der Waals surface area contributed by atoms with Crippen LogP contribution in [0.3, 0.4) is 0 Å². The average Bonchev–Trinajstić information content (AvgIpc) is 2.38. The van der Waals surface area contributed by atoms with Crippen LogP contribution in [0.1, 0.15) is 19.3 Å². The molecular formula is C14H13BrN2O. The van der Waals surface area contributed by atoms with Crippen LogP contribution in [0.2, 0.25) is 0 Å². The molecule has 0 saturated carbocycles. The molecule has 0 aliphatic carbocycles. The van der Waals surface area contributed by atoms with E-state index in [1.54, 1.807) is 6.20 Å². The molecule has 92 valence electrons. The quantitative estimate of drug-likeness (QED) is 0.807. The summed E-state index contributed by atoms with van der Waals surface area (Å²) in [5.41, 5.74) is 1.83. The maximum Gasteiger partial charge on any atom is 0.227 e. The van der Waals surface area contributed by atoms with Crippen LogP contribution in [0.25, 0.3) is 10.9 Å². The normalized spacial score (nSPS) is 16.3. The molecule has 1 aromatic carbocycles. The molecule has 1 saturated heterocycles. The molecule has 0 N–H and O–H groups in total. The molecule has 0 spiro atoms. The Hall–Kier alpha value is -1.42. The predicted molar refractivity (Wildman–Crippen MR) is 75.6 cm³/mol. The lowest BCUT2D eigenvalue weighted by Gasteiger charge is -2.27. The highest BCUT2D eigenvalue weighted by Crippen LogP contribution is 2.29. The van der Waals surface area contributed by atoms with Crippen LogP contribution in [0.5, 0.6) is 0 Å². The van der Waals surface area contributed by atoms with Crippen LogP contribution >= 0.6 is 15.9 Å². The summed E-state index contributed by atoms with van der Waals surface area (Å²) >= 11 is 3.42. The zero-order valence-corrected chi connectivity index (χ0v) is 11.5. The minimum absolute atomic E-state index is 0.207. The summed E-state index contributed by atoms with van der Waals surface area (Å²) in [6.45, 7) is 0.801. The summed E-state index contributed by atoms with van der Waals surface area (Å²) < 4.78 is 0.956. The van der Waals surface area contributed by atoms with Gasteiger partial charge in [0, 0.05) is 29.0 Å². The molecule has 3 nitrogen and oxygen atoms in total. The lowest BCUT2D eigenvalue weighted by atomic mass is 10.1. The molecule has 1 aliphatic rings. The van der Waals surface area contributed by atoms with E-state index in [0.717, 1.165) is 40.4 Å². The van der Waals surface area contributed by atoms with E-state index in [4.69, 9.17) is 0 Å². The molecule has 4 heteroatoms. The van der Waals surface area contributed by atoms with E-state index in [1.807, 2.05) is 29.2 Å². The largest absolute Gasteiger partial charge is 0.310 e. The number of piperidine rings is 1. The van der Waals surface area contributed by atoms with Crippen LogP contribution in [0, 0.1) is 0 Å². The van der Waals surface area contributed by atoms with E-state index in [9.17, 15) is 4.79 Å². The van der Waals surface area contributed by atoms with E-state index in [-0.39, 0.29) is 5.91 Å². The van der Waals surface area contributed by atoms with Crippen molar-refractivity contribution in [3.8, 4) is 0 Å². The van der Waals surface area contributed by atoms with Crippen LogP contribution in [0.15, 0.2) is 34.9 Å². The van der Waals surface area contributed by atoms with Crippen LogP contribution in [-0.2, 0) is 4.79 Å². The molecule has 0 atom stereocenters. The number of amides is 1. The van der Waals surface area contributed by atoms with Gasteiger partial charge in [-0.2, -0.15) is 0 Å². The minimum atomic E-state index is 0.207. The topological polar surface area (TPSA) is 33.2 Å². The van der Waals surface area contributed by atoms with Gasteiger partial charge in [-0.05, 0) is 40.9 Å². The number of benzene rings is 1. The van der Waals surface area contributed by atoms with Gasteiger partial charge in [0.1, 0.15) is 0 Å². The standard InChI is InChI=1S/C14H13BrN2O/c15-11-8-10-4-3-5-12(14(10)16-9-11)17-7-2-1-6-13(17)18/h3-5,8-9H,1-2,6-7H2. The fraction of sp³-hybridized carbons (Fsp3) is 0.286. The fourth-order valence-electron chi connectivity index (χ4n) is 2.40. The van der Waals surface area contributed by atoms with Crippen molar-refractivity contribution in [2.75, 3.05) is 11.4 Å². The third kappa shape index (κ3) is 2.01. The lowest BCUT2D eigenvalue weighted by Crippen LogP contribution is -2.35. The number of hydrogen-bond donors (Lipinski definition) is 0. The first-order chi connectivity index (χ1) is 8.75. The highest BCUT2D eigenvalue weighted by Gasteiger charge is 2.21. The van der Waals surface area contributed by atoms with Gasteiger partial charge in [0.15, 0.2) is 0 Å². The van der Waals surface area contributed by atoms with E-state index < -0.39 is 0 Å². The van der Waals surface area contributed by atoms with Gasteiger partial charge in [0.25, 0.3) is 0 Å². The smallest absolute Gasteiger partial charge is 0.227 e. The third-order valence-corrected chi connectivity index (χ3v) is 3.70. The number of anilines is 1. The predicted octanol–water partition coefficient (Wildman–Crippen LogP) is 3.51. The van der Waals surface area contributed by atoms with Crippen molar-refractivity contribution >= 4 is 38.4 Å². The molecule has 1 aliphatic heterocycles. The first kappa shape index (κ1) is 11.7. The number of fused-ring (bicyclic) bond motifs is 1. The Kier molecular flexibility index (Phi) is 3.04. The highest BCUT2D eigenvalue weighted by molar-refractivity contribution is 9.10. The van der Waals surface area contributed by atoms with Crippen molar-refractivity contribution in [2.45, 2.75) is 19.3 Å². The maximum atomic E-state index is 12.0. The molecule has 1 fully saturated rings. The molecule has 2 aromatic rings. The van der Waals surface area contributed by atoms with Gasteiger partial charge in [-0.15, -0.1) is 0 Å². The summed E-state index contributed by atoms with van der Waals surface area (Å²) in [4.78, 5) is 18.3. The lowest BCUT2D eigenvalue weighted by molar-refractivity contribution is -0.119. The molecule has 0 bridgehead atoms. The number of pyridine rings is 1. The Labute approximate surface area is 114 Å². The van der Waals surface area contributed by atoms with Crippen molar-refractivity contribution in [3.63, 3.8) is 0 Å². The Bertz CT molecular complexity index is 612. The van der Waals surface area contributed by atoms with Crippen molar-refractivity contribution in [1.29, 1.82) is 0 Å². The number of carbonyl (C=O) groups excluding carboxylic acids is 1. The minimum Gasteiger partial charge on any atom is -0.310 e. The van der Waals surface area contributed by atoms with Gasteiger partial charge < -0.3 is 4.90 Å². The Morgan fingerprint density at radius 3 is 3.00 bits per heavy atom. The van der Waals surface area contributed by atoms with Gasteiger partial charge >= 0.3 is 0 Å². The van der Waals surface area contributed by atoms with Crippen LogP contribution in [-0.4, -0.2) is 17.4 Å². The zero-order chi connectivity index (χ0) is 12.5. The Morgan fingerprint density at radius 2 is 2.17 bits per heavy atom. The van der Waals surface area contributed by atoms with Gasteiger partial charge in [-0.1, -0.05) is 12.1 Å². The van der Waals surface area contributed by atoms with Crippen molar-refractivity contribution in [3.05, 3.63) is 34.9 Å². The molecule has 0 unspecified atom stereocenters. The van der Waals surface area contributed by atoms with E-state index in [2.05, 4.69) is 20.9 Å². The number of aromatic nitrogens is 1. The zero-order valence-electron chi connectivity index (χ0n) is 9.90. The molecule has 1 aromatic heterocycles. The summed E-state index contributed by atoms with van der Waals surface area (Å²) in [5.74, 6) is 0.207. The average molecular weight is 305 g/mol. The SMILES string of the molecule is O=C1CCCCN1c1cccc2cc(Br)cnc12. The van der Waals surface area contributed by atoms with Crippen molar-refractivity contribution in [2.24, 2.45) is 0 Å². The van der Waals surface area contributed by atoms with Gasteiger partial charge in [0.2, 0.25) is 5.91 Å². The molecule has 1 amide bonds. The monoisotopic (exact) mass is 304 g/mol. The second-order valence-electron chi connectivity index (χ2n) is 4.50. The Balaban J connectivity index is 2.13. The van der Waals surface area contributed by atoms with E-state index >= 15 is 0 Å². The molecular weight excluding hydrogens is 292 g/mol. The maximum absolute atomic E-state index is 12.0. The summed E-state index contributed by atoms with van der Waals surface area (Å²) in [6.07, 6.45) is 4.49. The number of para-hydroxylation sites is 1. The number of carbonyl (C=O) groups is 1. The van der Waals surface area contributed by atoms with Crippen molar-refractivity contribution < 1.29 is 4.79 Å². The van der Waals surface area contributed by atoms with Gasteiger partial charge in [0.05, 0.1) is 11.2 Å². The number of halogens is 1. The first-order valence-electron chi connectivity index (χ1n) is 6.10. The molecule has 0 radical (unpaired) electrons. The van der Waals surface area contributed by atoms with Crippen LogP contribution < -0.4 is 4.90 Å². The number of nitrogens with zero attached hydrogens (tertiary/aromatic N) is 2. The summed E-state index contributed by atoms with van der Waals surface area (Å²) in [7, 11) is 0. The fourth-order valence-corrected chi connectivity index (χ4v) is 2.75. The second-order valence-corrected chi connectivity index (χ2v) is 5.42. The summed E-state index contributed by atoms with van der Waals surface area (Å²) in [6, 6.07) is 8.01. The van der Waals surface area contributed by atoms with Crippen LogP contribution in [0.4, 0.5) is 5.69 Å². The number of hydrogen-bond acceptors (Lipinski definition) is 2. The highest BCUT2D eigenvalue weighted by atomic mass is 79.9. The Morgan fingerprint density at radius 1 is 1.28 bits per heavy atom. The van der Waals surface area contributed by atoms with Crippen molar-refractivity contribution in [1.82, 2.24) is 4.98 Å².